The van der Waals surface area contributed by atoms with Crippen LogP contribution in [0.1, 0.15) is 67.3 Å². The number of piperidine rings is 1. The second-order valence-electron chi connectivity index (χ2n) is 10.6. The second kappa shape index (κ2) is 9.09. The third-order valence-electron chi connectivity index (χ3n) is 7.89. The van der Waals surface area contributed by atoms with Crippen LogP contribution in [0.4, 0.5) is 0 Å². The summed E-state index contributed by atoms with van der Waals surface area (Å²) in [5, 5.41) is 10.2. The lowest BCUT2D eigenvalue weighted by Gasteiger charge is -2.41. The number of carboxylic acids is 1. The van der Waals surface area contributed by atoms with Crippen LogP contribution in [0.2, 0.25) is 5.02 Å². The van der Waals surface area contributed by atoms with Crippen molar-refractivity contribution >= 4 is 27.6 Å². The van der Waals surface area contributed by atoms with E-state index in [0.29, 0.717) is 22.8 Å². The summed E-state index contributed by atoms with van der Waals surface area (Å²) in [5.74, 6) is -0.0757. The Morgan fingerprint density at radius 3 is 2.20 bits per heavy atom. The molecule has 0 spiro atoms. The summed E-state index contributed by atoms with van der Waals surface area (Å²) < 4.78 is 35.7. The number of hydrogen-bond acceptors (Lipinski definition) is 4. The third kappa shape index (κ3) is 4.70. The molecule has 35 heavy (non-hydrogen) atoms. The van der Waals surface area contributed by atoms with Crippen molar-refractivity contribution in [3.8, 4) is 5.75 Å². The van der Waals surface area contributed by atoms with Crippen molar-refractivity contribution < 1.29 is 23.1 Å². The van der Waals surface area contributed by atoms with Crippen LogP contribution in [0.3, 0.4) is 0 Å². The molecule has 2 aromatic rings. The molecular formula is C27H34ClNO5S. The fraction of sp³-hybridized carbons (Fsp3) is 0.519. The molecule has 0 atom stereocenters. The summed E-state index contributed by atoms with van der Waals surface area (Å²) in [4.78, 5) is 12.1. The van der Waals surface area contributed by atoms with Crippen LogP contribution in [0.15, 0.2) is 29.2 Å². The first kappa shape index (κ1) is 26.0. The molecule has 1 saturated heterocycles. The average Bonchev–Trinajstić information content (AvgIpc) is 2.77. The van der Waals surface area contributed by atoms with Gasteiger partial charge in [0, 0.05) is 23.5 Å². The van der Waals surface area contributed by atoms with Gasteiger partial charge in [-0.05, 0) is 100 Å². The Morgan fingerprint density at radius 1 is 1.03 bits per heavy atom. The quantitative estimate of drug-likeness (QED) is 0.558. The van der Waals surface area contributed by atoms with Gasteiger partial charge in [-0.2, -0.15) is 4.31 Å². The third-order valence-corrected chi connectivity index (χ3v) is 10.3. The highest BCUT2D eigenvalue weighted by atomic mass is 35.5. The monoisotopic (exact) mass is 519 g/mol. The number of benzene rings is 2. The van der Waals surface area contributed by atoms with Crippen molar-refractivity contribution in [1.29, 1.82) is 0 Å². The molecule has 8 heteroatoms. The number of halogens is 1. The molecule has 2 aromatic carbocycles. The zero-order valence-electron chi connectivity index (χ0n) is 21.1. The first-order valence-electron chi connectivity index (χ1n) is 12.1. The van der Waals surface area contributed by atoms with Gasteiger partial charge in [-0.15, -0.1) is 0 Å². The molecule has 1 fully saturated rings. The van der Waals surface area contributed by atoms with E-state index in [1.54, 1.807) is 12.1 Å². The van der Waals surface area contributed by atoms with E-state index in [2.05, 4.69) is 13.8 Å². The number of hydrogen-bond donors (Lipinski definition) is 1. The van der Waals surface area contributed by atoms with Gasteiger partial charge in [0.05, 0.1) is 11.3 Å². The van der Waals surface area contributed by atoms with Crippen LogP contribution in [0, 0.1) is 20.8 Å². The molecule has 0 saturated carbocycles. The molecule has 2 heterocycles. The molecule has 190 valence electrons. The second-order valence-corrected chi connectivity index (χ2v) is 12.9. The van der Waals surface area contributed by atoms with Gasteiger partial charge in [-0.1, -0.05) is 23.7 Å². The van der Waals surface area contributed by atoms with Crippen molar-refractivity contribution in [2.45, 2.75) is 82.6 Å². The number of aliphatic carboxylic acids is 1. The van der Waals surface area contributed by atoms with E-state index < -0.39 is 21.4 Å². The van der Waals surface area contributed by atoms with Crippen LogP contribution in [-0.2, 0) is 26.7 Å². The standard InChI is InChI=1S/C27H34ClNO5S/c1-17-18(2)25(19(3)22-10-11-26(4,5)34-24(17)22)35(32,33)29-14-12-27(13-15-29,16-23(30)31)20-6-8-21(28)9-7-20/h6-9H,10-16H2,1-5H3,(H,30,31). The number of sulfonamides is 1. The smallest absolute Gasteiger partial charge is 0.304 e. The lowest BCUT2D eigenvalue weighted by Crippen LogP contribution is -2.46. The molecule has 0 radical (unpaired) electrons. The van der Waals surface area contributed by atoms with Gasteiger partial charge in [0.25, 0.3) is 0 Å². The van der Waals surface area contributed by atoms with Crippen molar-refractivity contribution in [3.63, 3.8) is 0 Å². The molecule has 2 aliphatic heterocycles. The van der Waals surface area contributed by atoms with Gasteiger partial charge in [-0.25, -0.2) is 8.42 Å². The Kier molecular flexibility index (Phi) is 6.75. The Labute approximate surface area is 213 Å². The SMILES string of the molecule is Cc1c(C)c(S(=O)(=O)N2CCC(CC(=O)O)(c3ccc(Cl)cc3)CC2)c(C)c2c1OC(C)(C)CC2. The van der Waals surface area contributed by atoms with Crippen molar-refractivity contribution in [3.05, 3.63) is 57.1 Å². The van der Waals surface area contributed by atoms with Crippen LogP contribution in [0.25, 0.3) is 0 Å². The number of carbonyl (C=O) groups is 1. The summed E-state index contributed by atoms with van der Waals surface area (Å²) in [6.45, 7) is 10.3. The fourth-order valence-corrected chi connectivity index (χ4v) is 7.78. The number of rotatable bonds is 5. The Bertz CT molecular complexity index is 1260. The van der Waals surface area contributed by atoms with E-state index in [4.69, 9.17) is 16.3 Å². The number of carboxylic acid groups (broad SMARTS) is 1. The van der Waals surface area contributed by atoms with Gasteiger partial charge in [0.1, 0.15) is 11.4 Å². The molecule has 6 nitrogen and oxygen atoms in total. The van der Waals surface area contributed by atoms with Crippen LogP contribution in [0.5, 0.6) is 5.75 Å². The Balaban J connectivity index is 1.68. The van der Waals surface area contributed by atoms with Gasteiger partial charge < -0.3 is 9.84 Å². The van der Waals surface area contributed by atoms with E-state index >= 15 is 0 Å². The fourth-order valence-electron chi connectivity index (χ4n) is 5.68. The first-order chi connectivity index (χ1) is 16.3. The molecule has 1 N–H and O–H groups in total. The summed E-state index contributed by atoms with van der Waals surface area (Å²) in [6.07, 6.45) is 2.41. The maximum absolute atomic E-state index is 14.0. The van der Waals surface area contributed by atoms with E-state index in [1.807, 2.05) is 32.9 Å². The van der Waals surface area contributed by atoms with E-state index in [9.17, 15) is 18.3 Å². The molecular weight excluding hydrogens is 486 g/mol. The molecule has 2 aliphatic rings. The molecule has 0 amide bonds. The highest BCUT2D eigenvalue weighted by Crippen LogP contribution is 2.45. The van der Waals surface area contributed by atoms with Gasteiger partial charge >= 0.3 is 5.97 Å². The maximum atomic E-state index is 14.0. The first-order valence-corrected chi connectivity index (χ1v) is 13.9. The molecule has 0 aromatic heterocycles. The van der Waals surface area contributed by atoms with Gasteiger partial charge in [0.2, 0.25) is 10.0 Å². The molecule has 4 rings (SSSR count). The lowest BCUT2D eigenvalue weighted by atomic mass is 9.71. The minimum Gasteiger partial charge on any atom is -0.487 e. The minimum absolute atomic E-state index is 0.0499. The van der Waals surface area contributed by atoms with Crippen LogP contribution >= 0.6 is 11.6 Å². The number of nitrogens with zero attached hydrogens (tertiary/aromatic N) is 1. The van der Waals surface area contributed by atoms with Crippen LogP contribution < -0.4 is 4.74 Å². The van der Waals surface area contributed by atoms with Crippen molar-refractivity contribution in [1.82, 2.24) is 4.31 Å². The summed E-state index contributed by atoms with van der Waals surface area (Å²) in [7, 11) is -3.77. The highest BCUT2D eigenvalue weighted by molar-refractivity contribution is 7.89. The maximum Gasteiger partial charge on any atom is 0.304 e. The largest absolute Gasteiger partial charge is 0.487 e. The summed E-state index contributed by atoms with van der Waals surface area (Å²) >= 11 is 6.05. The number of fused-ring (bicyclic) bond motifs is 1. The van der Waals surface area contributed by atoms with Crippen LogP contribution in [-0.4, -0.2) is 42.5 Å². The summed E-state index contributed by atoms with van der Waals surface area (Å²) in [6, 6.07) is 7.24. The lowest BCUT2D eigenvalue weighted by molar-refractivity contribution is -0.138. The highest BCUT2D eigenvalue weighted by Gasteiger charge is 2.43. The van der Waals surface area contributed by atoms with E-state index in [1.165, 1.54) is 4.31 Å². The van der Waals surface area contributed by atoms with E-state index in [-0.39, 0.29) is 25.1 Å². The predicted molar refractivity (Wildman–Crippen MR) is 137 cm³/mol. The van der Waals surface area contributed by atoms with Gasteiger partial charge in [-0.3, -0.25) is 4.79 Å². The van der Waals surface area contributed by atoms with Crippen molar-refractivity contribution in [2.75, 3.05) is 13.1 Å². The molecule has 0 unspecified atom stereocenters. The number of ether oxygens (including phenoxy) is 1. The Morgan fingerprint density at radius 2 is 1.63 bits per heavy atom. The van der Waals surface area contributed by atoms with Gasteiger partial charge in [0.15, 0.2) is 0 Å². The zero-order valence-corrected chi connectivity index (χ0v) is 22.6. The zero-order chi connectivity index (χ0) is 25.8. The minimum atomic E-state index is -3.77. The van der Waals surface area contributed by atoms with E-state index in [0.717, 1.165) is 46.4 Å². The molecule has 0 aliphatic carbocycles. The predicted octanol–water partition coefficient (Wildman–Crippen LogP) is 5.57. The molecule has 0 bridgehead atoms. The summed E-state index contributed by atoms with van der Waals surface area (Å²) in [5.41, 5.74) is 3.31. The normalized spacial score (nSPS) is 19.6. The average molecular weight is 520 g/mol. The topological polar surface area (TPSA) is 83.9 Å². The van der Waals surface area contributed by atoms with Crippen molar-refractivity contribution in [2.24, 2.45) is 0 Å². The Hall–Kier alpha value is -2.09.